The summed E-state index contributed by atoms with van der Waals surface area (Å²) < 4.78 is 46.3. The highest BCUT2D eigenvalue weighted by Gasteiger charge is 2.41. The van der Waals surface area contributed by atoms with Gasteiger partial charge in [0.1, 0.15) is 11.6 Å². The average Bonchev–Trinajstić information content (AvgIpc) is 3.67. The molecule has 3 aliphatic rings. The van der Waals surface area contributed by atoms with Crippen LogP contribution >= 0.6 is 23.2 Å². The number of sulfonamides is 1. The van der Waals surface area contributed by atoms with Gasteiger partial charge in [-0.05, 0) is 99.6 Å². The van der Waals surface area contributed by atoms with Crippen molar-refractivity contribution in [2.45, 2.75) is 63.2 Å². The summed E-state index contributed by atoms with van der Waals surface area (Å²) in [5.41, 5.74) is 1.28. The normalized spacial score (nSPS) is 21.5. The lowest BCUT2D eigenvalue weighted by Crippen LogP contribution is -2.38. The molecule has 1 N–H and O–H groups in total. The third-order valence-corrected chi connectivity index (χ3v) is 10.7. The fourth-order valence-electron chi connectivity index (χ4n) is 5.86. The number of benzene rings is 2. The van der Waals surface area contributed by atoms with E-state index in [-0.39, 0.29) is 10.8 Å². The lowest BCUT2D eigenvalue weighted by Gasteiger charge is -2.39. The molecule has 1 atom stereocenters. The third-order valence-electron chi connectivity index (χ3n) is 8.29. The van der Waals surface area contributed by atoms with Gasteiger partial charge >= 0.3 is 0 Å². The van der Waals surface area contributed by atoms with Gasteiger partial charge in [-0.1, -0.05) is 35.3 Å². The van der Waals surface area contributed by atoms with Crippen LogP contribution in [0.2, 0.25) is 10.0 Å². The van der Waals surface area contributed by atoms with Gasteiger partial charge in [-0.25, -0.2) is 17.5 Å². The molecule has 2 saturated carbocycles. The van der Waals surface area contributed by atoms with Gasteiger partial charge in [-0.3, -0.25) is 9.69 Å². The first-order valence-corrected chi connectivity index (χ1v) is 15.6. The van der Waals surface area contributed by atoms with Crippen LogP contribution in [0.3, 0.4) is 0 Å². The minimum Gasteiger partial charge on any atom is -0.492 e. The van der Waals surface area contributed by atoms with Gasteiger partial charge in [0.05, 0.1) is 22.4 Å². The Labute approximate surface area is 233 Å². The topological polar surface area (TPSA) is 75.7 Å². The molecule has 38 heavy (non-hydrogen) atoms. The highest BCUT2D eigenvalue weighted by Crippen LogP contribution is 2.50. The summed E-state index contributed by atoms with van der Waals surface area (Å²) in [5.74, 6) is -1.16. The smallest absolute Gasteiger partial charge is 0.267 e. The predicted octanol–water partition coefficient (Wildman–Crippen LogP) is 6.21. The van der Waals surface area contributed by atoms with Crippen LogP contribution in [0.15, 0.2) is 36.4 Å². The molecule has 10 heteroatoms. The molecule has 2 aliphatic carbocycles. The van der Waals surface area contributed by atoms with Crippen molar-refractivity contribution in [3.05, 3.63) is 63.4 Å². The van der Waals surface area contributed by atoms with E-state index in [9.17, 15) is 17.6 Å². The van der Waals surface area contributed by atoms with Crippen molar-refractivity contribution in [1.29, 1.82) is 0 Å². The number of nitrogens with zero attached hydrogens (tertiary/aromatic N) is 1. The first-order chi connectivity index (χ1) is 18.1. The Balaban J connectivity index is 1.08. The fraction of sp³-hybridized carbons (Fsp3) is 0.536. The number of amides is 1. The number of rotatable bonds is 9. The van der Waals surface area contributed by atoms with Crippen molar-refractivity contribution < 1.29 is 22.3 Å². The number of hydrogen-bond acceptors (Lipinski definition) is 5. The molecule has 2 aromatic rings. The van der Waals surface area contributed by atoms with Crippen LogP contribution in [-0.4, -0.2) is 44.2 Å². The molecule has 0 radical (unpaired) electrons. The van der Waals surface area contributed by atoms with Crippen molar-refractivity contribution in [2.24, 2.45) is 11.3 Å². The zero-order chi connectivity index (χ0) is 26.9. The highest BCUT2D eigenvalue weighted by molar-refractivity contribution is 7.91. The molecule has 1 aliphatic heterocycles. The second kappa shape index (κ2) is 11.3. The zero-order valence-electron chi connectivity index (χ0n) is 21.2. The summed E-state index contributed by atoms with van der Waals surface area (Å²) in [6.45, 7) is 3.56. The second-order valence-corrected chi connectivity index (χ2v) is 13.9. The lowest BCUT2D eigenvalue weighted by atomic mass is 9.76. The number of ether oxygens (including phenoxy) is 1. The van der Waals surface area contributed by atoms with E-state index in [0.29, 0.717) is 30.8 Å². The molecule has 0 bridgehead atoms. The average molecular weight is 584 g/mol. The molecule has 1 amide bonds. The number of likely N-dealkylation sites (tertiary alicyclic amines) is 1. The molecular formula is C28H33Cl2FN2O4S. The van der Waals surface area contributed by atoms with Crippen LogP contribution in [0.1, 0.15) is 67.3 Å². The van der Waals surface area contributed by atoms with Crippen molar-refractivity contribution in [2.75, 3.05) is 19.7 Å². The van der Waals surface area contributed by atoms with Gasteiger partial charge in [0.25, 0.3) is 5.91 Å². The van der Waals surface area contributed by atoms with Crippen molar-refractivity contribution >= 4 is 39.1 Å². The maximum Gasteiger partial charge on any atom is 0.267 e. The molecule has 1 saturated heterocycles. The van der Waals surface area contributed by atoms with E-state index >= 15 is 0 Å². The van der Waals surface area contributed by atoms with E-state index in [0.717, 1.165) is 49.6 Å². The number of carbonyl (C=O) groups excluding carboxylic acids is 1. The van der Waals surface area contributed by atoms with Gasteiger partial charge in [0.15, 0.2) is 0 Å². The van der Waals surface area contributed by atoms with E-state index in [1.807, 2.05) is 16.9 Å². The molecular weight excluding hydrogens is 550 g/mol. The summed E-state index contributed by atoms with van der Waals surface area (Å²) in [7, 11) is -3.78. The maximum atomic E-state index is 14.6. The first kappa shape index (κ1) is 27.7. The first-order valence-electron chi connectivity index (χ1n) is 13.3. The highest BCUT2D eigenvalue weighted by atomic mass is 35.5. The van der Waals surface area contributed by atoms with E-state index in [1.165, 1.54) is 31.2 Å². The molecule has 1 spiro atoms. The Bertz CT molecular complexity index is 1280. The van der Waals surface area contributed by atoms with Gasteiger partial charge in [0.2, 0.25) is 10.0 Å². The number of carbonyl (C=O) groups is 1. The third kappa shape index (κ3) is 6.64. The van der Waals surface area contributed by atoms with Crippen molar-refractivity contribution in [3.8, 4) is 5.75 Å². The number of piperidine rings is 1. The fourth-order valence-corrected chi connectivity index (χ4v) is 7.49. The van der Waals surface area contributed by atoms with E-state index in [4.69, 9.17) is 27.9 Å². The van der Waals surface area contributed by atoms with Gasteiger partial charge < -0.3 is 4.74 Å². The van der Waals surface area contributed by atoms with E-state index in [2.05, 4.69) is 17.0 Å². The Kier molecular flexibility index (Phi) is 8.25. The molecule has 1 heterocycles. The molecule has 1 unspecified atom stereocenters. The Morgan fingerprint density at radius 3 is 2.47 bits per heavy atom. The number of nitrogens with one attached hydrogen (secondary N) is 1. The summed E-state index contributed by atoms with van der Waals surface area (Å²) >= 11 is 12.3. The predicted molar refractivity (Wildman–Crippen MR) is 147 cm³/mol. The monoisotopic (exact) mass is 582 g/mol. The summed E-state index contributed by atoms with van der Waals surface area (Å²) in [6, 6.07) is 10.3. The van der Waals surface area contributed by atoms with Crippen LogP contribution < -0.4 is 9.46 Å². The van der Waals surface area contributed by atoms with E-state index < -0.39 is 32.6 Å². The van der Waals surface area contributed by atoms with Gasteiger partial charge in [-0.2, -0.15) is 0 Å². The van der Waals surface area contributed by atoms with Crippen molar-refractivity contribution in [1.82, 2.24) is 9.62 Å². The standard InChI is InChI=1S/C28H33Cl2FN2O4S/c29-21-3-1-20(2-4-21)18-33-12-10-28(11-13-33)9-7-19(17-28)8-14-37-26-16-25(31)23(15-24(26)30)27(34)32-38(35,36)22-5-6-22/h1-4,15-16,19,22H,5-14,17-18H2,(H,32,34). The van der Waals surface area contributed by atoms with Crippen LogP contribution in [0.4, 0.5) is 4.39 Å². The Morgan fingerprint density at radius 1 is 1.08 bits per heavy atom. The van der Waals surface area contributed by atoms with Gasteiger partial charge in [-0.15, -0.1) is 0 Å². The molecule has 0 aromatic heterocycles. The SMILES string of the molecule is O=C(NS(=O)(=O)C1CC1)c1cc(Cl)c(OCCC2CCC3(CCN(Cc4ccc(Cl)cc4)CC3)C2)cc1F. The lowest BCUT2D eigenvalue weighted by molar-refractivity contribution is 0.0977. The zero-order valence-corrected chi connectivity index (χ0v) is 23.6. The van der Waals surface area contributed by atoms with Crippen LogP contribution in [0.5, 0.6) is 5.75 Å². The Hall–Kier alpha value is -1.87. The molecule has 206 valence electrons. The Morgan fingerprint density at radius 2 is 1.79 bits per heavy atom. The van der Waals surface area contributed by atoms with Crippen LogP contribution in [0.25, 0.3) is 0 Å². The van der Waals surface area contributed by atoms with Crippen molar-refractivity contribution in [3.63, 3.8) is 0 Å². The molecule has 6 nitrogen and oxygen atoms in total. The minimum absolute atomic E-state index is 0.0799. The van der Waals surface area contributed by atoms with Crippen LogP contribution in [0, 0.1) is 17.2 Å². The summed E-state index contributed by atoms with van der Waals surface area (Å²) in [5, 5.41) is 0.265. The minimum atomic E-state index is -3.78. The largest absolute Gasteiger partial charge is 0.492 e. The van der Waals surface area contributed by atoms with Gasteiger partial charge in [0, 0.05) is 17.6 Å². The molecule has 5 rings (SSSR count). The maximum absolute atomic E-state index is 14.6. The number of hydrogen-bond donors (Lipinski definition) is 1. The number of halogens is 3. The summed E-state index contributed by atoms with van der Waals surface area (Å²) in [6.07, 6.45) is 7.85. The van der Waals surface area contributed by atoms with E-state index in [1.54, 1.807) is 0 Å². The molecule has 2 aromatic carbocycles. The summed E-state index contributed by atoms with van der Waals surface area (Å²) in [4.78, 5) is 14.8. The van der Waals surface area contributed by atoms with Crippen LogP contribution in [-0.2, 0) is 16.6 Å². The second-order valence-electron chi connectivity index (χ2n) is 11.1. The quantitative estimate of drug-likeness (QED) is 0.380. The molecule has 3 fully saturated rings.